The van der Waals surface area contributed by atoms with Gasteiger partial charge in [0.05, 0.1) is 11.6 Å². The Bertz CT molecular complexity index is 1110. The number of amides is 1. The van der Waals surface area contributed by atoms with Crippen molar-refractivity contribution >= 4 is 27.6 Å². The molecule has 1 atom stereocenters. The number of nitrogens with one attached hydrogen (secondary N) is 2. The summed E-state index contributed by atoms with van der Waals surface area (Å²) >= 11 is 0. The van der Waals surface area contributed by atoms with Crippen LogP contribution in [0.2, 0.25) is 0 Å². The Hall–Kier alpha value is -3.34. The van der Waals surface area contributed by atoms with Crippen molar-refractivity contribution in [3.8, 4) is 0 Å². The lowest BCUT2D eigenvalue weighted by Crippen LogP contribution is -2.27. The monoisotopic (exact) mass is 332 g/mol. The second-order valence-electron chi connectivity index (χ2n) is 5.96. The Kier molecular flexibility index (Phi) is 3.61. The summed E-state index contributed by atoms with van der Waals surface area (Å²) in [7, 11) is 0. The third-order valence-electron chi connectivity index (χ3n) is 4.27. The molecule has 0 aliphatic heterocycles. The second-order valence-corrected chi connectivity index (χ2v) is 5.96. The van der Waals surface area contributed by atoms with E-state index in [9.17, 15) is 9.59 Å². The van der Waals surface area contributed by atoms with E-state index in [1.807, 2.05) is 37.3 Å². The number of hydrogen-bond acceptors (Lipinski definition) is 3. The van der Waals surface area contributed by atoms with E-state index in [0.717, 1.165) is 11.0 Å². The van der Waals surface area contributed by atoms with Crippen molar-refractivity contribution in [2.75, 3.05) is 0 Å². The van der Waals surface area contributed by atoms with Crippen molar-refractivity contribution in [1.29, 1.82) is 0 Å². The number of carbonyl (C=O) groups is 1. The highest BCUT2D eigenvalue weighted by Crippen LogP contribution is 2.24. The molecule has 0 saturated carbocycles. The molecular formula is C20H16N2O3. The molecule has 2 heterocycles. The van der Waals surface area contributed by atoms with E-state index in [1.54, 1.807) is 24.3 Å². The van der Waals surface area contributed by atoms with Crippen molar-refractivity contribution in [3.05, 3.63) is 82.5 Å². The molecule has 0 saturated heterocycles. The highest BCUT2D eigenvalue weighted by Gasteiger charge is 2.17. The van der Waals surface area contributed by atoms with Crippen LogP contribution in [0.15, 0.2) is 70.0 Å². The molecule has 0 aliphatic rings. The molecule has 0 aliphatic carbocycles. The maximum Gasteiger partial charge on any atom is 0.255 e. The fraction of sp³-hybridized carbons (Fsp3) is 0.100. The van der Waals surface area contributed by atoms with Crippen molar-refractivity contribution in [3.63, 3.8) is 0 Å². The first kappa shape index (κ1) is 15.2. The minimum Gasteiger partial charge on any atom is -0.459 e. The average Bonchev–Trinajstić information content (AvgIpc) is 3.06. The van der Waals surface area contributed by atoms with Crippen LogP contribution in [0.4, 0.5) is 0 Å². The van der Waals surface area contributed by atoms with E-state index < -0.39 is 0 Å². The smallest absolute Gasteiger partial charge is 0.255 e. The predicted octanol–water partition coefficient (Wildman–Crippen LogP) is 3.77. The predicted molar refractivity (Wildman–Crippen MR) is 96.7 cm³/mol. The molecule has 1 amide bonds. The first-order valence-corrected chi connectivity index (χ1v) is 8.03. The summed E-state index contributed by atoms with van der Waals surface area (Å²) in [5, 5.41) is 5.04. The molecule has 124 valence electrons. The summed E-state index contributed by atoms with van der Waals surface area (Å²) in [5.41, 5.74) is 1.00. The number of hydrogen-bond donors (Lipinski definition) is 2. The number of carbonyl (C=O) groups excluding carboxylic acids is 1. The summed E-state index contributed by atoms with van der Waals surface area (Å²) < 4.78 is 5.80. The third kappa shape index (κ3) is 2.70. The lowest BCUT2D eigenvalue weighted by Gasteiger charge is -2.12. The van der Waals surface area contributed by atoms with Crippen LogP contribution >= 0.6 is 0 Å². The summed E-state index contributed by atoms with van der Waals surface area (Å²) in [4.78, 5) is 27.2. The molecular weight excluding hydrogens is 316 g/mol. The minimum atomic E-state index is -0.300. The molecule has 4 rings (SSSR count). The molecule has 2 aromatic carbocycles. The van der Waals surface area contributed by atoms with Crippen LogP contribution in [-0.2, 0) is 0 Å². The van der Waals surface area contributed by atoms with Gasteiger partial charge < -0.3 is 14.7 Å². The Labute approximate surface area is 143 Å². The fourth-order valence-electron chi connectivity index (χ4n) is 2.96. The molecule has 5 nitrogen and oxygen atoms in total. The standard InChI is InChI=1S/C20H16N2O3/c1-12(18-10-13-6-2-5-9-17(13)25-18)22-20(24)16-11-21-19(23)15-8-4-3-7-14(15)16/h2-12H,1H3,(H,21,23)(H,22,24). The Morgan fingerprint density at radius 3 is 2.60 bits per heavy atom. The van der Waals surface area contributed by atoms with Gasteiger partial charge in [-0.1, -0.05) is 36.4 Å². The molecule has 4 aromatic rings. The SMILES string of the molecule is CC(NC(=O)c1c[nH]c(=O)c2ccccc12)c1cc2ccccc2o1. The first-order valence-electron chi connectivity index (χ1n) is 8.03. The first-order chi connectivity index (χ1) is 12.1. The average molecular weight is 332 g/mol. The zero-order valence-electron chi connectivity index (χ0n) is 13.6. The van der Waals surface area contributed by atoms with Crippen LogP contribution in [0.1, 0.15) is 29.1 Å². The van der Waals surface area contributed by atoms with E-state index in [1.165, 1.54) is 6.20 Å². The molecule has 0 spiro atoms. The maximum absolute atomic E-state index is 12.7. The van der Waals surface area contributed by atoms with Crippen molar-refractivity contribution in [1.82, 2.24) is 10.3 Å². The van der Waals surface area contributed by atoms with Gasteiger partial charge in [-0.05, 0) is 25.1 Å². The van der Waals surface area contributed by atoms with E-state index >= 15 is 0 Å². The number of aromatic nitrogens is 1. The lowest BCUT2D eigenvalue weighted by atomic mass is 10.1. The summed E-state index contributed by atoms with van der Waals surface area (Å²) in [5.74, 6) is 0.420. The van der Waals surface area contributed by atoms with Crippen LogP contribution in [-0.4, -0.2) is 10.9 Å². The number of fused-ring (bicyclic) bond motifs is 2. The van der Waals surface area contributed by atoms with Crippen LogP contribution in [0.5, 0.6) is 0 Å². The quantitative estimate of drug-likeness (QED) is 0.600. The van der Waals surface area contributed by atoms with Crippen molar-refractivity contribution in [2.45, 2.75) is 13.0 Å². The van der Waals surface area contributed by atoms with E-state index in [2.05, 4.69) is 10.3 Å². The topological polar surface area (TPSA) is 75.1 Å². The highest BCUT2D eigenvalue weighted by atomic mass is 16.3. The van der Waals surface area contributed by atoms with E-state index in [4.69, 9.17) is 4.42 Å². The van der Waals surface area contributed by atoms with E-state index in [-0.39, 0.29) is 17.5 Å². The van der Waals surface area contributed by atoms with Crippen molar-refractivity contribution < 1.29 is 9.21 Å². The molecule has 2 N–H and O–H groups in total. The molecule has 0 fully saturated rings. The number of H-pyrrole nitrogens is 1. The van der Waals surface area contributed by atoms with Gasteiger partial charge in [0.15, 0.2) is 0 Å². The zero-order valence-corrected chi connectivity index (χ0v) is 13.6. The van der Waals surface area contributed by atoms with Gasteiger partial charge in [0.2, 0.25) is 0 Å². The number of furan rings is 1. The van der Waals surface area contributed by atoms with Gasteiger partial charge in [-0.3, -0.25) is 9.59 Å². The molecule has 0 radical (unpaired) electrons. The Morgan fingerprint density at radius 2 is 1.80 bits per heavy atom. The van der Waals surface area contributed by atoms with Gasteiger partial charge in [0, 0.05) is 22.4 Å². The molecule has 25 heavy (non-hydrogen) atoms. The van der Waals surface area contributed by atoms with Gasteiger partial charge in [0.25, 0.3) is 11.5 Å². The molecule has 0 bridgehead atoms. The van der Waals surface area contributed by atoms with Gasteiger partial charge in [-0.2, -0.15) is 0 Å². The highest BCUT2D eigenvalue weighted by molar-refractivity contribution is 6.06. The van der Waals surface area contributed by atoms with Crippen LogP contribution < -0.4 is 10.9 Å². The summed E-state index contributed by atoms with van der Waals surface area (Å²) in [6.45, 7) is 1.86. The van der Waals surface area contributed by atoms with Crippen molar-refractivity contribution in [2.24, 2.45) is 0 Å². The molecule has 1 unspecified atom stereocenters. The summed E-state index contributed by atoms with van der Waals surface area (Å²) in [6.07, 6.45) is 1.45. The van der Waals surface area contributed by atoms with Crippen LogP contribution in [0, 0.1) is 0 Å². The lowest BCUT2D eigenvalue weighted by molar-refractivity contribution is 0.0937. The number of rotatable bonds is 3. The second kappa shape index (κ2) is 5.94. The van der Waals surface area contributed by atoms with Gasteiger partial charge >= 0.3 is 0 Å². The van der Waals surface area contributed by atoms with Gasteiger partial charge in [0.1, 0.15) is 11.3 Å². The minimum absolute atomic E-state index is 0.211. The number of benzene rings is 2. The van der Waals surface area contributed by atoms with Gasteiger partial charge in [-0.25, -0.2) is 0 Å². The molecule has 5 heteroatoms. The largest absolute Gasteiger partial charge is 0.459 e. The summed E-state index contributed by atoms with van der Waals surface area (Å²) in [6, 6.07) is 16.4. The maximum atomic E-state index is 12.7. The number of pyridine rings is 1. The Balaban J connectivity index is 1.66. The Morgan fingerprint density at radius 1 is 1.08 bits per heavy atom. The third-order valence-corrected chi connectivity index (χ3v) is 4.27. The molecule has 2 aromatic heterocycles. The van der Waals surface area contributed by atoms with Gasteiger partial charge in [-0.15, -0.1) is 0 Å². The zero-order chi connectivity index (χ0) is 17.4. The number of para-hydroxylation sites is 1. The fourth-order valence-corrected chi connectivity index (χ4v) is 2.96. The van der Waals surface area contributed by atoms with Crippen LogP contribution in [0.25, 0.3) is 21.7 Å². The normalized spacial score (nSPS) is 12.4. The number of aromatic amines is 1. The van der Waals surface area contributed by atoms with Crippen LogP contribution in [0.3, 0.4) is 0 Å². The van der Waals surface area contributed by atoms with E-state index in [0.29, 0.717) is 22.1 Å².